The Morgan fingerprint density at radius 1 is 1.26 bits per heavy atom. The second-order valence-corrected chi connectivity index (χ2v) is 6.31. The van der Waals surface area contributed by atoms with Crippen molar-refractivity contribution in [1.29, 1.82) is 0 Å². The minimum atomic E-state index is 0.454. The smallest absolute Gasteiger partial charge is 0.0456 e. The second kappa shape index (κ2) is 6.74. The Morgan fingerprint density at radius 2 is 1.95 bits per heavy atom. The fourth-order valence-corrected chi connectivity index (χ4v) is 3.30. The third-order valence-electron chi connectivity index (χ3n) is 3.89. The van der Waals surface area contributed by atoms with Crippen LogP contribution in [0, 0.1) is 12.8 Å². The number of hydrogen-bond acceptors (Lipinski definition) is 2. The summed E-state index contributed by atoms with van der Waals surface area (Å²) in [5, 5.41) is 4.35. The predicted octanol–water partition coefficient (Wildman–Crippen LogP) is 3.64. The van der Waals surface area contributed by atoms with Crippen molar-refractivity contribution in [1.82, 2.24) is 10.2 Å². The summed E-state index contributed by atoms with van der Waals surface area (Å²) in [6.07, 6.45) is 1.17. The number of rotatable bonds is 4. The summed E-state index contributed by atoms with van der Waals surface area (Å²) in [6.45, 7) is 11.2. The highest BCUT2D eigenvalue weighted by molar-refractivity contribution is 6.31. The van der Waals surface area contributed by atoms with Gasteiger partial charge in [0.2, 0.25) is 0 Å². The van der Waals surface area contributed by atoms with Gasteiger partial charge in [0.1, 0.15) is 0 Å². The molecule has 1 aliphatic heterocycles. The Kier molecular flexibility index (Phi) is 5.26. The maximum Gasteiger partial charge on any atom is 0.0456 e. The summed E-state index contributed by atoms with van der Waals surface area (Å²) in [5.74, 6) is 0.676. The number of nitrogens with one attached hydrogen (secondary N) is 1. The van der Waals surface area contributed by atoms with Crippen LogP contribution in [0.4, 0.5) is 0 Å². The first kappa shape index (κ1) is 14.8. The number of aryl methyl sites for hydroxylation is 1. The molecule has 0 radical (unpaired) electrons. The second-order valence-electron chi connectivity index (χ2n) is 5.90. The van der Waals surface area contributed by atoms with E-state index >= 15 is 0 Å². The van der Waals surface area contributed by atoms with Gasteiger partial charge in [-0.15, -0.1) is 0 Å². The average Bonchev–Trinajstić information content (AvgIpc) is 2.38. The Labute approximate surface area is 122 Å². The Morgan fingerprint density at radius 3 is 2.53 bits per heavy atom. The SMILES string of the molecule is Cc1cccc(Cl)c1[C@H](CC(C)C)N1CCNCC1. The van der Waals surface area contributed by atoms with Crippen LogP contribution in [0.3, 0.4) is 0 Å². The number of nitrogens with zero attached hydrogens (tertiary/aromatic N) is 1. The molecule has 1 atom stereocenters. The molecule has 1 aliphatic rings. The quantitative estimate of drug-likeness (QED) is 0.906. The molecule has 0 spiro atoms. The molecule has 0 unspecified atom stereocenters. The summed E-state index contributed by atoms with van der Waals surface area (Å²) in [5.41, 5.74) is 2.65. The maximum atomic E-state index is 6.48. The van der Waals surface area contributed by atoms with Gasteiger partial charge in [-0.05, 0) is 36.5 Å². The molecule has 2 rings (SSSR count). The number of hydrogen-bond donors (Lipinski definition) is 1. The standard InChI is InChI=1S/C16H25ClN2/c1-12(2)11-15(19-9-7-18-8-10-19)16-13(3)5-4-6-14(16)17/h4-6,12,15,18H,7-11H2,1-3H3/t15-/m0/s1. The summed E-state index contributed by atoms with van der Waals surface area (Å²) in [7, 11) is 0. The molecule has 1 heterocycles. The number of halogens is 1. The summed E-state index contributed by atoms with van der Waals surface area (Å²) < 4.78 is 0. The summed E-state index contributed by atoms with van der Waals surface area (Å²) in [4.78, 5) is 2.59. The molecule has 0 amide bonds. The van der Waals surface area contributed by atoms with Crippen molar-refractivity contribution in [2.45, 2.75) is 33.2 Å². The molecule has 1 aromatic carbocycles. The summed E-state index contributed by atoms with van der Waals surface area (Å²) in [6, 6.07) is 6.71. The first-order chi connectivity index (χ1) is 9.09. The van der Waals surface area contributed by atoms with Crippen molar-refractivity contribution in [3.63, 3.8) is 0 Å². The average molecular weight is 281 g/mol. The predicted molar refractivity (Wildman–Crippen MR) is 82.8 cm³/mol. The van der Waals surface area contributed by atoms with E-state index in [1.54, 1.807) is 0 Å². The minimum Gasteiger partial charge on any atom is -0.314 e. The molecule has 1 saturated heterocycles. The highest BCUT2D eigenvalue weighted by atomic mass is 35.5. The Hall–Kier alpha value is -0.570. The lowest BCUT2D eigenvalue weighted by Crippen LogP contribution is -2.45. The van der Waals surface area contributed by atoms with Crippen LogP contribution in [0.25, 0.3) is 0 Å². The monoisotopic (exact) mass is 280 g/mol. The van der Waals surface area contributed by atoms with E-state index in [0.29, 0.717) is 12.0 Å². The molecule has 0 bridgehead atoms. The molecule has 3 heteroatoms. The van der Waals surface area contributed by atoms with Crippen LogP contribution in [-0.4, -0.2) is 31.1 Å². The fraction of sp³-hybridized carbons (Fsp3) is 0.625. The minimum absolute atomic E-state index is 0.454. The van der Waals surface area contributed by atoms with Gasteiger partial charge in [0.25, 0.3) is 0 Å². The van der Waals surface area contributed by atoms with E-state index in [1.807, 2.05) is 12.1 Å². The Balaban J connectivity index is 2.30. The van der Waals surface area contributed by atoms with E-state index in [4.69, 9.17) is 11.6 Å². The van der Waals surface area contributed by atoms with Gasteiger partial charge in [-0.2, -0.15) is 0 Å². The largest absolute Gasteiger partial charge is 0.314 e. The van der Waals surface area contributed by atoms with Crippen molar-refractivity contribution in [2.75, 3.05) is 26.2 Å². The first-order valence-electron chi connectivity index (χ1n) is 7.29. The van der Waals surface area contributed by atoms with Crippen LogP contribution in [0.2, 0.25) is 5.02 Å². The lowest BCUT2D eigenvalue weighted by molar-refractivity contribution is 0.153. The van der Waals surface area contributed by atoms with Gasteiger partial charge < -0.3 is 5.32 Å². The van der Waals surface area contributed by atoms with Gasteiger partial charge in [-0.3, -0.25) is 4.90 Å². The fourth-order valence-electron chi connectivity index (χ4n) is 2.96. The van der Waals surface area contributed by atoms with Gasteiger partial charge in [0.05, 0.1) is 0 Å². The van der Waals surface area contributed by atoms with Crippen molar-refractivity contribution < 1.29 is 0 Å². The van der Waals surface area contributed by atoms with Crippen molar-refractivity contribution in [3.8, 4) is 0 Å². The molecular formula is C16H25ClN2. The van der Waals surface area contributed by atoms with Crippen molar-refractivity contribution in [3.05, 3.63) is 34.3 Å². The molecule has 106 valence electrons. The topological polar surface area (TPSA) is 15.3 Å². The highest BCUT2D eigenvalue weighted by Crippen LogP contribution is 2.34. The zero-order chi connectivity index (χ0) is 13.8. The van der Waals surface area contributed by atoms with Crippen LogP contribution in [-0.2, 0) is 0 Å². The maximum absolute atomic E-state index is 6.48. The number of benzene rings is 1. The third kappa shape index (κ3) is 3.71. The van der Waals surface area contributed by atoms with Gasteiger partial charge in [-0.1, -0.05) is 37.6 Å². The normalized spacial score (nSPS) is 18.8. The van der Waals surface area contributed by atoms with Crippen LogP contribution >= 0.6 is 11.6 Å². The molecule has 2 nitrogen and oxygen atoms in total. The molecule has 19 heavy (non-hydrogen) atoms. The van der Waals surface area contributed by atoms with Gasteiger partial charge in [-0.25, -0.2) is 0 Å². The van der Waals surface area contributed by atoms with Crippen LogP contribution < -0.4 is 5.32 Å². The van der Waals surface area contributed by atoms with Gasteiger partial charge >= 0.3 is 0 Å². The molecule has 0 saturated carbocycles. The number of piperazine rings is 1. The highest BCUT2D eigenvalue weighted by Gasteiger charge is 2.25. The zero-order valence-electron chi connectivity index (χ0n) is 12.2. The summed E-state index contributed by atoms with van der Waals surface area (Å²) >= 11 is 6.48. The van der Waals surface area contributed by atoms with Crippen LogP contribution in [0.5, 0.6) is 0 Å². The van der Waals surface area contributed by atoms with Crippen molar-refractivity contribution in [2.24, 2.45) is 5.92 Å². The zero-order valence-corrected chi connectivity index (χ0v) is 13.0. The van der Waals surface area contributed by atoms with E-state index in [1.165, 1.54) is 17.5 Å². The van der Waals surface area contributed by atoms with E-state index in [-0.39, 0.29) is 0 Å². The lowest BCUT2D eigenvalue weighted by atomic mass is 9.92. The molecule has 0 aliphatic carbocycles. The Bertz CT molecular complexity index is 391. The van der Waals surface area contributed by atoms with E-state index in [0.717, 1.165) is 31.2 Å². The molecular weight excluding hydrogens is 256 g/mol. The van der Waals surface area contributed by atoms with Crippen molar-refractivity contribution >= 4 is 11.6 Å². The third-order valence-corrected chi connectivity index (χ3v) is 4.22. The van der Waals surface area contributed by atoms with Crippen LogP contribution in [0.1, 0.15) is 37.4 Å². The molecule has 1 fully saturated rings. The first-order valence-corrected chi connectivity index (χ1v) is 7.67. The molecule has 0 aromatic heterocycles. The van der Waals surface area contributed by atoms with E-state index in [9.17, 15) is 0 Å². The molecule has 1 N–H and O–H groups in total. The van der Waals surface area contributed by atoms with Crippen LogP contribution in [0.15, 0.2) is 18.2 Å². The van der Waals surface area contributed by atoms with E-state index in [2.05, 4.69) is 37.1 Å². The van der Waals surface area contributed by atoms with Gasteiger partial charge in [0.15, 0.2) is 0 Å². The molecule has 1 aromatic rings. The van der Waals surface area contributed by atoms with Gasteiger partial charge in [0, 0.05) is 37.2 Å². The lowest BCUT2D eigenvalue weighted by Gasteiger charge is -2.37. The van der Waals surface area contributed by atoms with E-state index < -0.39 is 0 Å².